The number of hydrogen-bond acceptors (Lipinski definition) is 2. The first-order valence-corrected chi connectivity index (χ1v) is 7.46. The second-order valence-corrected chi connectivity index (χ2v) is 6.55. The Morgan fingerprint density at radius 1 is 1.11 bits per heavy atom. The first kappa shape index (κ1) is 12.3. The van der Waals surface area contributed by atoms with E-state index in [1.165, 1.54) is 22.6 Å². The summed E-state index contributed by atoms with van der Waals surface area (Å²) < 4.78 is 0. The predicted molar refractivity (Wildman–Crippen MR) is 79.1 cm³/mol. The molecule has 0 amide bonds. The molecule has 0 aromatic heterocycles. The van der Waals surface area contributed by atoms with Crippen molar-refractivity contribution >= 4 is 34.3 Å². The van der Waals surface area contributed by atoms with Crippen LogP contribution in [-0.2, 0) is 0 Å². The van der Waals surface area contributed by atoms with Crippen molar-refractivity contribution in [2.75, 3.05) is 0 Å². The van der Waals surface area contributed by atoms with E-state index in [2.05, 4.69) is 23.6 Å². The maximum Gasteiger partial charge on any atom is 0.270 e. The highest BCUT2D eigenvalue weighted by Gasteiger charge is 2.19. The van der Waals surface area contributed by atoms with E-state index in [0.29, 0.717) is 5.02 Å². The Morgan fingerprint density at radius 3 is 2.63 bits per heavy atom. The molecule has 0 bridgehead atoms. The highest BCUT2D eigenvalue weighted by Crippen LogP contribution is 2.54. The molecule has 0 N–H and O–H groups in total. The molecule has 1 aliphatic rings. The lowest BCUT2D eigenvalue weighted by atomic mass is 10.2. The molecule has 1 unspecified atom stereocenters. The minimum atomic E-state index is -0.644. The van der Waals surface area contributed by atoms with Crippen LogP contribution in [0.4, 0.5) is 5.69 Å². The van der Waals surface area contributed by atoms with E-state index in [0.717, 1.165) is 4.90 Å². The average molecular weight is 292 g/mol. The number of thiol groups is 1. The summed E-state index contributed by atoms with van der Waals surface area (Å²) in [6, 6.07) is 12.8. The first-order chi connectivity index (χ1) is 9.16. The number of halogens is 1. The zero-order chi connectivity index (χ0) is 13.4. The SMILES string of the molecule is O=[N+]([O-])c1ccc([SH]2C=Cc3ccccc32)c(Cl)c1. The van der Waals surface area contributed by atoms with Crippen LogP contribution in [0.15, 0.2) is 57.7 Å². The molecule has 0 saturated carbocycles. The van der Waals surface area contributed by atoms with Crippen molar-refractivity contribution in [3.8, 4) is 0 Å². The fourth-order valence-electron chi connectivity index (χ4n) is 2.10. The fraction of sp³-hybridized carbons (Fsp3) is 0. The number of nitro groups is 1. The van der Waals surface area contributed by atoms with Crippen LogP contribution >= 0.6 is 22.5 Å². The zero-order valence-electron chi connectivity index (χ0n) is 9.79. The Bertz CT molecular complexity index is 700. The molecule has 19 heavy (non-hydrogen) atoms. The van der Waals surface area contributed by atoms with Gasteiger partial charge in [-0.15, -0.1) is 0 Å². The Hall–Kier alpha value is -1.78. The van der Waals surface area contributed by atoms with Crippen molar-refractivity contribution < 1.29 is 4.92 Å². The van der Waals surface area contributed by atoms with E-state index < -0.39 is 15.8 Å². The number of benzene rings is 2. The van der Waals surface area contributed by atoms with E-state index in [1.54, 1.807) is 6.07 Å². The van der Waals surface area contributed by atoms with Gasteiger partial charge in [0.2, 0.25) is 0 Å². The molecule has 0 aliphatic carbocycles. The number of fused-ring (bicyclic) bond motifs is 1. The van der Waals surface area contributed by atoms with Crippen LogP contribution in [0.2, 0.25) is 5.02 Å². The van der Waals surface area contributed by atoms with E-state index in [4.69, 9.17) is 11.6 Å². The minimum Gasteiger partial charge on any atom is -0.258 e. The van der Waals surface area contributed by atoms with Crippen LogP contribution in [0.25, 0.3) is 6.08 Å². The van der Waals surface area contributed by atoms with Crippen LogP contribution in [0.1, 0.15) is 5.56 Å². The van der Waals surface area contributed by atoms with E-state index in [1.807, 2.05) is 12.1 Å². The molecule has 0 saturated heterocycles. The minimum absolute atomic E-state index is 0.0280. The fourth-order valence-corrected chi connectivity index (χ4v) is 4.64. The van der Waals surface area contributed by atoms with Crippen LogP contribution in [0.5, 0.6) is 0 Å². The van der Waals surface area contributed by atoms with Gasteiger partial charge in [-0.25, -0.2) is 0 Å². The molecule has 5 heteroatoms. The molecule has 2 aromatic rings. The monoisotopic (exact) mass is 291 g/mol. The van der Waals surface area contributed by atoms with Crippen molar-refractivity contribution in [2.45, 2.75) is 9.79 Å². The largest absolute Gasteiger partial charge is 0.270 e. The van der Waals surface area contributed by atoms with E-state index in [9.17, 15) is 10.1 Å². The Balaban J connectivity index is 2.05. The molecule has 3 rings (SSSR count). The van der Waals surface area contributed by atoms with Gasteiger partial charge in [0.25, 0.3) is 5.69 Å². The summed E-state index contributed by atoms with van der Waals surface area (Å²) in [6.45, 7) is 0. The number of hydrogen-bond donors (Lipinski definition) is 1. The number of nitro benzene ring substituents is 1. The normalized spacial score (nSPS) is 18.3. The summed E-state index contributed by atoms with van der Waals surface area (Å²) >= 11 is 6.20. The highest BCUT2D eigenvalue weighted by atomic mass is 35.5. The third kappa shape index (κ3) is 2.13. The average Bonchev–Trinajstić information content (AvgIpc) is 2.82. The van der Waals surface area contributed by atoms with Gasteiger partial charge >= 0.3 is 0 Å². The molecule has 1 atom stereocenters. The molecule has 1 heterocycles. The third-order valence-electron chi connectivity index (χ3n) is 3.00. The second kappa shape index (κ2) is 4.72. The lowest BCUT2D eigenvalue weighted by Crippen LogP contribution is -1.89. The molecule has 1 aliphatic heterocycles. The maximum atomic E-state index is 10.7. The summed E-state index contributed by atoms with van der Waals surface area (Å²) in [5.74, 6) is 0. The van der Waals surface area contributed by atoms with Gasteiger partial charge in [0.15, 0.2) is 0 Å². The number of non-ortho nitro benzene ring substituents is 1. The van der Waals surface area contributed by atoms with Gasteiger partial charge in [0.05, 0.1) is 9.95 Å². The van der Waals surface area contributed by atoms with Crippen molar-refractivity contribution in [2.24, 2.45) is 0 Å². The highest BCUT2D eigenvalue weighted by molar-refractivity contribution is 8.20. The molecule has 0 spiro atoms. The van der Waals surface area contributed by atoms with Crippen molar-refractivity contribution in [1.29, 1.82) is 0 Å². The van der Waals surface area contributed by atoms with Gasteiger partial charge < -0.3 is 0 Å². The quantitative estimate of drug-likeness (QED) is 0.497. The van der Waals surface area contributed by atoms with Crippen molar-refractivity contribution in [3.63, 3.8) is 0 Å². The smallest absolute Gasteiger partial charge is 0.258 e. The Kier molecular flexibility index (Phi) is 3.05. The van der Waals surface area contributed by atoms with E-state index in [-0.39, 0.29) is 5.69 Å². The van der Waals surface area contributed by atoms with Crippen LogP contribution in [-0.4, -0.2) is 4.92 Å². The second-order valence-electron chi connectivity index (χ2n) is 4.14. The van der Waals surface area contributed by atoms with Crippen molar-refractivity contribution in [3.05, 3.63) is 68.6 Å². The molecule has 3 nitrogen and oxygen atoms in total. The summed E-state index contributed by atoms with van der Waals surface area (Å²) in [4.78, 5) is 12.5. The van der Waals surface area contributed by atoms with Gasteiger partial charge in [-0.1, -0.05) is 29.8 Å². The number of nitrogens with zero attached hydrogens (tertiary/aromatic N) is 1. The molecule has 2 aromatic carbocycles. The van der Waals surface area contributed by atoms with Gasteiger partial charge in [0.1, 0.15) is 0 Å². The molecular weight excluding hydrogens is 282 g/mol. The lowest BCUT2D eigenvalue weighted by Gasteiger charge is -2.17. The summed E-state index contributed by atoms with van der Waals surface area (Å²) in [5.41, 5.74) is 1.23. The Labute approximate surface area is 118 Å². The predicted octanol–water partition coefficient (Wildman–Crippen LogP) is 4.65. The topological polar surface area (TPSA) is 43.1 Å². The van der Waals surface area contributed by atoms with Gasteiger partial charge in [-0.3, -0.25) is 10.1 Å². The van der Waals surface area contributed by atoms with Gasteiger partial charge in [-0.05, 0) is 29.2 Å². The van der Waals surface area contributed by atoms with Gasteiger partial charge in [0, 0.05) is 21.9 Å². The molecule has 0 radical (unpaired) electrons. The molecule has 96 valence electrons. The van der Waals surface area contributed by atoms with Crippen LogP contribution in [0, 0.1) is 10.1 Å². The van der Waals surface area contributed by atoms with Crippen LogP contribution in [0.3, 0.4) is 0 Å². The Morgan fingerprint density at radius 2 is 1.89 bits per heavy atom. The lowest BCUT2D eigenvalue weighted by molar-refractivity contribution is -0.384. The van der Waals surface area contributed by atoms with Crippen molar-refractivity contribution in [1.82, 2.24) is 0 Å². The standard InChI is InChI=1S/C14H10ClNO2S/c15-12-9-11(16(17)18)5-6-14(12)19-8-7-10-3-1-2-4-13(10)19/h1-9,19H. The summed E-state index contributed by atoms with van der Waals surface area (Å²) in [7, 11) is -0.644. The first-order valence-electron chi connectivity index (χ1n) is 5.67. The third-order valence-corrected chi connectivity index (χ3v) is 5.73. The maximum absolute atomic E-state index is 10.7. The molecular formula is C14H10ClNO2S. The number of rotatable bonds is 2. The summed E-state index contributed by atoms with van der Waals surface area (Å²) in [6.07, 6.45) is 2.08. The van der Waals surface area contributed by atoms with Gasteiger partial charge in [-0.2, -0.15) is 10.9 Å². The summed E-state index contributed by atoms with van der Waals surface area (Å²) in [5, 5.41) is 13.3. The molecule has 0 fully saturated rings. The van der Waals surface area contributed by atoms with E-state index >= 15 is 0 Å². The van der Waals surface area contributed by atoms with Crippen LogP contribution < -0.4 is 0 Å². The zero-order valence-corrected chi connectivity index (χ0v) is 11.4.